The van der Waals surface area contributed by atoms with E-state index < -0.39 is 0 Å². The van der Waals surface area contributed by atoms with E-state index in [0.29, 0.717) is 17.9 Å². The first-order valence-electron chi connectivity index (χ1n) is 8.82. The lowest BCUT2D eigenvalue weighted by atomic mass is 10.1. The number of piperazine rings is 1. The Morgan fingerprint density at radius 1 is 1.19 bits per heavy atom. The molecule has 0 amide bonds. The fourth-order valence-electron chi connectivity index (χ4n) is 3.36. The zero-order chi connectivity index (χ0) is 18.1. The summed E-state index contributed by atoms with van der Waals surface area (Å²) >= 11 is 0. The van der Waals surface area contributed by atoms with Crippen molar-refractivity contribution >= 4 is 5.95 Å². The van der Waals surface area contributed by atoms with Crippen LogP contribution in [0.1, 0.15) is 18.1 Å². The zero-order valence-corrected chi connectivity index (χ0v) is 14.7. The molecule has 0 atom stereocenters. The summed E-state index contributed by atoms with van der Waals surface area (Å²) < 4.78 is 10.8. The highest BCUT2D eigenvalue weighted by atomic mass is 16.7. The minimum Gasteiger partial charge on any atom is -0.493 e. The van der Waals surface area contributed by atoms with E-state index in [1.807, 2.05) is 24.0 Å². The molecule has 1 saturated heterocycles. The highest BCUT2D eigenvalue weighted by Crippen LogP contribution is 2.32. The van der Waals surface area contributed by atoms with Gasteiger partial charge in [0.1, 0.15) is 0 Å². The van der Waals surface area contributed by atoms with E-state index in [-0.39, 0.29) is 18.2 Å². The number of H-pyrrole nitrogens is 1. The number of aromatic amines is 1. The second-order valence-corrected chi connectivity index (χ2v) is 6.50. The molecule has 4 rings (SSSR count). The fraction of sp³-hybridized carbons (Fsp3) is 0.444. The number of fused-ring (bicyclic) bond motifs is 1. The average molecular weight is 358 g/mol. The van der Waals surface area contributed by atoms with Gasteiger partial charge in [-0.2, -0.15) is 4.98 Å². The Bertz CT molecular complexity index is 859. The van der Waals surface area contributed by atoms with Crippen molar-refractivity contribution in [2.45, 2.75) is 19.9 Å². The standard InChI is InChI=1S/C18H22N4O4/c1-2-13-16(23)19-18(20-17(13)24)22-7-5-21(6-8-22)10-12-3-4-14-15(9-12)26-11-25-14/h3-4,9H,2,5-8,10-11H2,1H3,(H2,19,20,23,24). The van der Waals surface area contributed by atoms with Crippen molar-refractivity contribution in [3.05, 3.63) is 39.7 Å². The molecule has 2 aliphatic rings. The van der Waals surface area contributed by atoms with Gasteiger partial charge in [0.25, 0.3) is 5.56 Å². The van der Waals surface area contributed by atoms with Crippen LogP contribution in [0, 0.1) is 0 Å². The van der Waals surface area contributed by atoms with E-state index in [1.54, 1.807) is 0 Å². The maximum atomic E-state index is 12.0. The zero-order valence-electron chi connectivity index (χ0n) is 14.7. The van der Waals surface area contributed by atoms with Crippen LogP contribution in [0.15, 0.2) is 23.0 Å². The number of benzene rings is 1. The second-order valence-electron chi connectivity index (χ2n) is 6.50. The fourth-order valence-corrected chi connectivity index (χ4v) is 3.36. The molecule has 0 unspecified atom stereocenters. The van der Waals surface area contributed by atoms with Gasteiger partial charge >= 0.3 is 0 Å². The van der Waals surface area contributed by atoms with Crippen LogP contribution in [-0.4, -0.2) is 52.9 Å². The Labute approximate surface area is 151 Å². The summed E-state index contributed by atoms with van der Waals surface area (Å²) in [5.74, 6) is 1.86. The van der Waals surface area contributed by atoms with Gasteiger partial charge in [0.2, 0.25) is 18.6 Å². The molecule has 0 saturated carbocycles. The molecule has 0 bridgehead atoms. The molecule has 3 heterocycles. The van der Waals surface area contributed by atoms with Gasteiger partial charge in [0.15, 0.2) is 11.5 Å². The minimum absolute atomic E-state index is 0.172. The van der Waals surface area contributed by atoms with Crippen molar-refractivity contribution in [3.63, 3.8) is 0 Å². The Morgan fingerprint density at radius 2 is 1.96 bits per heavy atom. The maximum absolute atomic E-state index is 12.0. The molecule has 2 aromatic rings. The summed E-state index contributed by atoms with van der Waals surface area (Å²) in [5, 5.41) is 9.94. The number of rotatable bonds is 4. The van der Waals surface area contributed by atoms with Gasteiger partial charge < -0.3 is 19.5 Å². The first kappa shape index (κ1) is 16.7. The maximum Gasteiger partial charge on any atom is 0.259 e. The normalized spacial score (nSPS) is 16.9. The third kappa shape index (κ3) is 3.20. The van der Waals surface area contributed by atoms with Crippen molar-refractivity contribution in [2.75, 3.05) is 37.9 Å². The van der Waals surface area contributed by atoms with Crippen LogP contribution < -0.4 is 19.9 Å². The molecule has 2 N–H and O–H groups in total. The van der Waals surface area contributed by atoms with Gasteiger partial charge in [-0.05, 0) is 24.1 Å². The minimum atomic E-state index is -0.266. The lowest BCUT2D eigenvalue weighted by Gasteiger charge is -2.35. The SMILES string of the molecule is CCc1c(O)nc(N2CCN(Cc3ccc4c(c3)OCO4)CC2)[nH]c1=O. The highest BCUT2D eigenvalue weighted by Gasteiger charge is 2.21. The summed E-state index contributed by atoms with van der Waals surface area (Å²) in [7, 11) is 0. The summed E-state index contributed by atoms with van der Waals surface area (Å²) in [6.45, 7) is 6.08. The number of ether oxygens (including phenoxy) is 2. The van der Waals surface area contributed by atoms with Crippen molar-refractivity contribution in [2.24, 2.45) is 0 Å². The summed E-state index contributed by atoms with van der Waals surface area (Å²) in [5.41, 5.74) is 1.24. The first-order valence-corrected chi connectivity index (χ1v) is 8.82. The Hall–Kier alpha value is -2.74. The average Bonchev–Trinajstić information content (AvgIpc) is 3.10. The highest BCUT2D eigenvalue weighted by molar-refractivity contribution is 5.44. The van der Waals surface area contributed by atoms with Crippen LogP contribution in [0.4, 0.5) is 5.95 Å². The molecule has 138 valence electrons. The molecule has 1 aromatic heterocycles. The molecule has 0 spiro atoms. The van der Waals surface area contributed by atoms with Crippen LogP contribution in [-0.2, 0) is 13.0 Å². The van der Waals surface area contributed by atoms with Crippen molar-refractivity contribution in [1.29, 1.82) is 0 Å². The van der Waals surface area contributed by atoms with Gasteiger partial charge in [-0.3, -0.25) is 14.7 Å². The van der Waals surface area contributed by atoms with E-state index in [4.69, 9.17) is 9.47 Å². The van der Waals surface area contributed by atoms with Crippen LogP contribution in [0.25, 0.3) is 0 Å². The molecule has 26 heavy (non-hydrogen) atoms. The first-order chi connectivity index (χ1) is 12.6. The predicted octanol–water partition coefficient (Wildman–Crippen LogP) is 1.09. The van der Waals surface area contributed by atoms with E-state index in [0.717, 1.165) is 44.2 Å². The third-order valence-electron chi connectivity index (χ3n) is 4.85. The molecule has 0 aliphatic carbocycles. The number of anilines is 1. The van der Waals surface area contributed by atoms with Gasteiger partial charge in [-0.15, -0.1) is 0 Å². The molecule has 2 aliphatic heterocycles. The van der Waals surface area contributed by atoms with Gasteiger partial charge in [-0.1, -0.05) is 13.0 Å². The summed E-state index contributed by atoms with van der Waals surface area (Å²) in [6.07, 6.45) is 0.456. The predicted molar refractivity (Wildman–Crippen MR) is 96.0 cm³/mol. The molecule has 0 radical (unpaired) electrons. The Morgan fingerprint density at radius 3 is 2.69 bits per heavy atom. The quantitative estimate of drug-likeness (QED) is 0.845. The smallest absolute Gasteiger partial charge is 0.259 e. The van der Waals surface area contributed by atoms with E-state index in [9.17, 15) is 9.90 Å². The van der Waals surface area contributed by atoms with Crippen molar-refractivity contribution in [3.8, 4) is 17.4 Å². The third-order valence-corrected chi connectivity index (χ3v) is 4.85. The molecule has 8 nitrogen and oxygen atoms in total. The van der Waals surface area contributed by atoms with E-state index in [2.05, 4.69) is 20.9 Å². The second kappa shape index (κ2) is 6.87. The van der Waals surface area contributed by atoms with Gasteiger partial charge in [0.05, 0.1) is 5.56 Å². The number of nitrogens with one attached hydrogen (secondary N) is 1. The number of aromatic hydroxyl groups is 1. The Balaban J connectivity index is 1.39. The molecular weight excluding hydrogens is 336 g/mol. The van der Waals surface area contributed by atoms with Crippen LogP contribution in [0.5, 0.6) is 17.4 Å². The van der Waals surface area contributed by atoms with Crippen LogP contribution >= 0.6 is 0 Å². The topological polar surface area (TPSA) is 90.9 Å². The van der Waals surface area contributed by atoms with Gasteiger partial charge in [-0.25, -0.2) is 0 Å². The van der Waals surface area contributed by atoms with Gasteiger partial charge in [0, 0.05) is 32.7 Å². The van der Waals surface area contributed by atoms with E-state index in [1.165, 1.54) is 5.56 Å². The number of nitrogens with zero attached hydrogens (tertiary/aromatic N) is 3. The summed E-state index contributed by atoms with van der Waals surface area (Å²) in [4.78, 5) is 23.3. The Kier molecular flexibility index (Phi) is 4.42. The number of aromatic nitrogens is 2. The largest absolute Gasteiger partial charge is 0.493 e. The van der Waals surface area contributed by atoms with Crippen LogP contribution in [0.2, 0.25) is 0 Å². The van der Waals surface area contributed by atoms with Crippen molar-refractivity contribution in [1.82, 2.24) is 14.9 Å². The molecule has 1 fully saturated rings. The summed E-state index contributed by atoms with van der Waals surface area (Å²) in [6, 6.07) is 6.02. The van der Waals surface area contributed by atoms with Crippen molar-refractivity contribution < 1.29 is 14.6 Å². The van der Waals surface area contributed by atoms with Crippen LogP contribution in [0.3, 0.4) is 0 Å². The molecular formula is C18H22N4O4. The van der Waals surface area contributed by atoms with E-state index >= 15 is 0 Å². The number of hydrogen-bond acceptors (Lipinski definition) is 7. The lowest BCUT2D eigenvalue weighted by Crippen LogP contribution is -2.47. The monoisotopic (exact) mass is 358 g/mol. The molecule has 1 aromatic carbocycles. The molecule has 8 heteroatoms. The number of hydrogen-bond donors (Lipinski definition) is 2. The lowest BCUT2D eigenvalue weighted by molar-refractivity contribution is 0.174.